The SMILES string of the molecule is CC(C)C(Cn1cncc1C1CCCNC1)C(C)C. The van der Waals surface area contributed by atoms with E-state index in [1.54, 1.807) is 0 Å². The summed E-state index contributed by atoms with van der Waals surface area (Å²) in [5, 5.41) is 3.51. The fourth-order valence-electron chi connectivity index (χ4n) is 3.35. The van der Waals surface area contributed by atoms with Gasteiger partial charge in [0.05, 0.1) is 6.33 Å². The van der Waals surface area contributed by atoms with Gasteiger partial charge in [0, 0.05) is 30.9 Å². The molecule has 3 heteroatoms. The quantitative estimate of drug-likeness (QED) is 0.883. The van der Waals surface area contributed by atoms with Gasteiger partial charge in [-0.15, -0.1) is 0 Å². The Balaban J connectivity index is 2.10. The van der Waals surface area contributed by atoms with Crippen molar-refractivity contribution in [2.45, 2.75) is 53.0 Å². The van der Waals surface area contributed by atoms with Gasteiger partial charge < -0.3 is 9.88 Å². The Morgan fingerprint density at radius 2 is 2.05 bits per heavy atom. The van der Waals surface area contributed by atoms with Gasteiger partial charge in [-0.05, 0) is 37.1 Å². The van der Waals surface area contributed by atoms with Crippen LogP contribution in [0.15, 0.2) is 12.5 Å². The van der Waals surface area contributed by atoms with Crippen LogP contribution in [0.25, 0.3) is 0 Å². The largest absolute Gasteiger partial charge is 0.334 e. The first kappa shape index (κ1) is 14.6. The van der Waals surface area contributed by atoms with Gasteiger partial charge in [0.25, 0.3) is 0 Å². The number of aromatic nitrogens is 2. The Labute approximate surface area is 117 Å². The average molecular weight is 263 g/mol. The Morgan fingerprint density at radius 3 is 2.63 bits per heavy atom. The van der Waals surface area contributed by atoms with E-state index < -0.39 is 0 Å². The van der Waals surface area contributed by atoms with Crippen molar-refractivity contribution in [1.82, 2.24) is 14.9 Å². The first-order valence-corrected chi connectivity index (χ1v) is 7.80. The van der Waals surface area contributed by atoms with E-state index in [2.05, 4.69) is 48.8 Å². The van der Waals surface area contributed by atoms with E-state index in [-0.39, 0.29) is 0 Å². The number of nitrogens with one attached hydrogen (secondary N) is 1. The van der Waals surface area contributed by atoms with Gasteiger partial charge in [0.15, 0.2) is 0 Å². The van der Waals surface area contributed by atoms with Crippen molar-refractivity contribution in [2.75, 3.05) is 13.1 Å². The molecule has 108 valence electrons. The van der Waals surface area contributed by atoms with Crippen LogP contribution in [0.2, 0.25) is 0 Å². The molecule has 1 N–H and O–H groups in total. The van der Waals surface area contributed by atoms with E-state index in [9.17, 15) is 0 Å². The van der Waals surface area contributed by atoms with Gasteiger partial charge in [-0.25, -0.2) is 4.98 Å². The highest BCUT2D eigenvalue weighted by Gasteiger charge is 2.22. The zero-order valence-corrected chi connectivity index (χ0v) is 12.9. The van der Waals surface area contributed by atoms with Gasteiger partial charge in [-0.2, -0.15) is 0 Å². The molecule has 19 heavy (non-hydrogen) atoms. The summed E-state index contributed by atoms with van der Waals surface area (Å²) in [5.74, 6) is 2.82. The van der Waals surface area contributed by atoms with Crippen molar-refractivity contribution in [2.24, 2.45) is 17.8 Å². The number of nitrogens with zero attached hydrogens (tertiary/aromatic N) is 2. The molecule has 1 aromatic heterocycles. The highest BCUT2D eigenvalue weighted by molar-refractivity contribution is 5.08. The fourth-order valence-corrected chi connectivity index (χ4v) is 3.35. The molecule has 0 bridgehead atoms. The van der Waals surface area contributed by atoms with Crippen molar-refractivity contribution in [1.29, 1.82) is 0 Å². The molecule has 1 fully saturated rings. The molecule has 1 saturated heterocycles. The first-order valence-electron chi connectivity index (χ1n) is 7.80. The Morgan fingerprint density at radius 1 is 1.32 bits per heavy atom. The minimum atomic E-state index is 0.649. The summed E-state index contributed by atoms with van der Waals surface area (Å²) in [6.45, 7) is 12.7. The van der Waals surface area contributed by atoms with Crippen LogP contribution in [0, 0.1) is 17.8 Å². The normalized spacial score (nSPS) is 20.7. The summed E-state index contributed by atoms with van der Waals surface area (Å²) in [7, 11) is 0. The predicted molar refractivity (Wildman–Crippen MR) is 80.2 cm³/mol. The maximum atomic E-state index is 4.40. The summed E-state index contributed by atoms with van der Waals surface area (Å²) in [4.78, 5) is 4.40. The van der Waals surface area contributed by atoms with Gasteiger partial charge in [0.2, 0.25) is 0 Å². The van der Waals surface area contributed by atoms with Crippen LogP contribution in [0.4, 0.5) is 0 Å². The van der Waals surface area contributed by atoms with Gasteiger partial charge in [-0.3, -0.25) is 0 Å². The van der Waals surface area contributed by atoms with Crippen LogP contribution in [0.3, 0.4) is 0 Å². The highest BCUT2D eigenvalue weighted by Crippen LogP contribution is 2.27. The number of imidazole rings is 1. The second-order valence-electron chi connectivity index (χ2n) is 6.67. The van der Waals surface area contributed by atoms with Crippen LogP contribution in [-0.4, -0.2) is 22.6 Å². The molecule has 0 aliphatic carbocycles. The fraction of sp³-hybridized carbons (Fsp3) is 0.812. The average Bonchev–Trinajstić information content (AvgIpc) is 2.84. The standard InChI is InChI=1S/C16H29N3/c1-12(2)15(13(3)4)10-19-11-18-9-16(19)14-6-5-7-17-8-14/h9,11-15,17H,5-8,10H2,1-4H3. The molecule has 2 heterocycles. The zero-order valence-electron chi connectivity index (χ0n) is 12.9. The van der Waals surface area contributed by atoms with Crippen molar-refractivity contribution >= 4 is 0 Å². The molecule has 0 spiro atoms. The number of hydrogen-bond acceptors (Lipinski definition) is 2. The summed E-state index contributed by atoms with van der Waals surface area (Å²) in [6.07, 6.45) is 6.69. The predicted octanol–water partition coefficient (Wildman–Crippen LogP) is 3.28. The molecule has 0 amide bonds. The lowest BCUT2D eigenvalue weighted by Crippen LogP contribution is -2.30. The third-order valence-electron chi connectivity index (χ3n) is 4.58. The van der Waals surface area contributed by atoms with Crippen LogP contribution in [0.1, 0.15) is 52.1 Å². The Hall–Kier alpha value is -0.830. The molecule has 0 saturated carbocycles. The van der Waals surface area contributed by atoms with Crippen molar-refractivity contribution < 1.29 is 0 Å². The van der Waals surface area contributed by atoms with Crippen LogP contribution in [-0.2, 0) is 6.54 Å². The molecule has 2 rings (SSSR count). The zero-order chi connectivity index (χ0) is 13.8. The van der Waals surface area contributed by atoms with Gasteiger partial charge in [-0.1, -0.05) is 27.7 Å². The molecular weight excluding hydrogens is 234 g/mol. The molecule has 1 aliphatic heterocycles. The van der Waals surface area contributed by atoms with Gasteiger partial charge in [0.1, 0.15) is 0 Å². The maximum Gasteiger partial charge on any atom is 0.0948 e. The monoisotopic (exact) mass is 263 g/mol. The van der Waals surface area contributed by atoms with E-state index >= 15 is 0 Å². The number of piperidine rings is 1. The van der Waals surface area contributed by atoms with Crippen LogP contribution < -0.4 is 5.32 Å². The van der Waals surface area contributed by atoms with Gasteiger partial charge >= 0.3 is 0 Å². The third-order valence-corrected chi connectivity index (χ3v) is 4.58. The molecular formula is C16H29N3. The van der Waals surface area contributed by atoms with Crippen LogP contribution in [0.5, 0.6) is 0 Å². The van der Waals surface area contributed by atoms with Crippen LogP contribution >= 0.6 is 0 Å². The maximum absolute atomic E-state index is 4.40. The minimum absolute atomic E-state index is 0.649. The molecule has 1 aromatic rings. The van der Waals surface area contributed by atoms with E-state index in [0.29, 0.717) is 5.92 Å². The van der Waals surface area contributed by atoms with E-state index in [1.165, 1.54) is 25.1 Å². The number of rotatable bonds is 5. The molecule has 1 unspecified atom stereocenters. The topological polar surface area (TPSA) is 29.9 Å². The summed E-state index contributed by atoms with van der Waals surface area (Å²) in [6, 6.07) is 0. The minimum Gasteiger partial charge on any atom is -0.334 e. The third kappa shape index (κ3) is 3.59. The highest BCUT2D eigenvalue weighted by atomic mass is 15.1. The lowest BCUT2D eigenvalue weighted by Gasteiger charge is -2.28. The second kappa shape index (κ2) is 6.56. The van der Waals surface area contributed by atoms with Crippen molar-refractivity contribution in [3.05, 3.63) is 18.2 Å². The lowest BCUT2D eigenvalue weighted by molar-refractivity contribution is 0.247. The molecule has 0 radical (unpaired) electrons. The summed E-state index contributed by atoms with van der Waals surface area (Å²) >= 11 is 0. The Bertz CT molecular complexity index is 367. The van der Waals surface area contributed by atoms with E-state index in [0.717, 1.165) is 30.8 Å². The van der Waals surface area contributed by atoms with Crippen molar-refractivity contribution in [3.63, 3.8) is 0 Å². The molecule has 3 nitrogen and oxygen atoms in total. The van der Waals surface area contributed by atoms with E-state index in [1.807, 2.05) is 6.33 Å². The lowest BCUT2D eigenvalue weighted by atomic mass is 9.85. The summed E-state index contributed by atoms with van der Waals surface area (Å²) < 4.78 is 2.41. The molecule has 1 aliphatic rings. The Kier molecular flexibility index (Phi) is 5.03. The van der Waals surface area contributed by atoms with E-state index in [4.69, 9.17) is 0 Å². The van der Waals surface area contributed by atoms with Crippen molar-refractivity contribution in [3.8, 4) is 0 Å². The molecule has 1 atom stereocenters. The molecule has 0 aromatic carbocycles. The summed E-state index contributed by atoms with van der Waals surface area (Å²) in [5.41, 5.74) is 1.43. The number of hydrogen-bond donors (Lipinski definition) is 1. The first-order chi connectivity index (χ1) is 9.09. The smallest absolute Gasteiger partial charge is 0.0948 e. The second-order valence-corrected chi connectivity index (χ2v) is 6.67.